The number of carbonyl (C=O) groups excluding carboxylic acids is 2. The zero-order chi connectivity index (χ0) is 24.6. The Balaban J connectivity index is 1.94. The molecular formula is C25H17Cl2F2NO4. The highest BCUT2D eigenvalue weighted by Crippen LogP contribution is 2.44. The van der Waals surface area contributed by atoms with Gasteiger partial charge in [-0.3, -0.25) is 9.59 Å². The fourth-order valence-corrected chi connectivity index (χ4v) is 4.51. The van der Waals surface area contributed by atoms with Gasteiger partial charge in [-0.05, 0) is 35.9 Å². The summed E-state index contributed by atoms with van der Waals surface area (Å²) >= 11 is 12.3. The fourth-order valence-electron chi connectivity index (χ4n) is 3.94. The van der Waals surface area contributed by atoms with Crippen LogP contribution in [0.25, 0.3) is 5.76 Å². The van der Waals surface area contributed by atoms with Crippen LogP contribution >= 0.6 is 23.2 Å². The lowest BCUT2D eigenvalue weighted by molar-refractivity contribution is -0.140. The van der Waals surface area contributed by atoms with Crippen molar-refractivity contribution < 1.29 is 28.2 Å². The number of Topliss-reactive ketones (excluding diaryl/α,β-unsaturated/α-hetero) is 1. The second-order valence-electron chi connectivity index (χ2n) is 7.54. The topological polar surface area (TPSA) is 66.8 Å². The Hall–Kier alpha value is -3.42. The van der Waals surface area contributed by atoms with Crippen LogP contribution in [0.2, 0.25) is 10.0 Å². The number of hydrogen-bond donors (Lipinski definition) is 1. The molecule has 1 amide bonds. The van der Waals surface area contributed by atoms with Crippen molar-refractivity contribution in [3.05, 3.63) is 105 Å². The van der Waals surface area contributed by atoms with E-state index >= 15 is 0 Å². The molecule has 1 aliphatic rings. The van der Waals surface area contributed by atoms with Crippen molar-refractivity contribution in [2.24, 2.45) is 0 Å². The summed E-state index contributed by atoms with van der Waals surface area (Å²) in [6.45, 7) is -0.131. The van der Waals surface area contributed by atoms with Crippen LogP contribution in [0.3, 0.4) is 0 Å². The van der Waals surface area contributed by atoms with Crippen LogP contribution in [0.4, 0.5) is 8.78 Å². The van der Waals surface area contributed by atoms with Gasteiger partial charge in [-0.15, -0.1) is 0 Å². The number of aliphatic hydroxyl groups is 1. The molecule has 1 atom stereocenters. The Bertz CT molecular complexity index is 1320. The SMILES string of the molecule is COc1c(Cl)cc(Cl)cc1/C(O)=C1\C(=O)C(=O)N(Cc2ccc(F)cc2)C1c1ccccc1F. The van der Waals surface area contributed by atoms with E-state index in [1.165, 1.54) is 61.7 Å². The van der Waals surface area contributed by atoms with Gasteiger partial charge < -0.3 is 14.7 Å². The number of methoxy groups -OCH3 is 1. The Morgan fingerprint density at radius 1 is 1.06 bits per heavy atom. The van der Waals surface area contributed by atoms with Crippen molar-refractivity contribution >= 4 is 40.7 Å². The Kier molecular flexibility index (Phi) is 6.59. The van der Waals surface area contributed by atoms with Crippen LogP contribution in [0.5, 0.6) is 5.75 Å². The van der Waals surface area contributed by atoms with E-state index in [2.05, 4.69) is 0 Å². The van der Waals surface area contributed by atoms with Crippen LogP contribution in [-0.2, 0) is 16.1 Å². The summed E-state index contributed by atoms with van der Waals surface area (Å²) in [5.74, 6) is -3.71. The third-order valence-electron chi connectivity index (χ3n) is 5.47. The van der Waals surface area contributed by atoms with Crippen molar-refractivity contribution in [3.63, 3.8) is 0 Å². The van der Waals surface area contributed by atoms with Gasteiger partial charge in [0.1, 0.15) is 23.1 Å². The van der Waals surface area contributed by atoms with E-state index in [1.807, 2.05) is 0 Å². The summed E-state index contributed by atoms with van der Waals surface area (Å²) in [6, 6.07) is 12.4. The lowest BCUT2D eigenvalue weighted by Gasteiger charge is -2.26. The van der Waals surface area contributed by atoms with E-state index in [9.17, 15) is 23.5 Å². The molecule has 0 bridgehead atoms. The molecule has 1 fully saturated rings. The van der Waals surface area contributed by atoms with E-state index in [1.54, 1.807) is 6.07 Å². The van der Waals surface area contributed by atoms with Crippen molar-refractivity contribution in [2.75, 3.05) is 7.11 Å². The summed E-state index contributed by atoms with van der Waals surface area (Å²) in [6.07, 6.45) is 0. The number of aliphatic hydroxyl groups excluding tert-OH is 1. The number of hydrogen-bond acceptors (Lipinski definition) is 4. The summed E-state index contributed by atoms with van der Waals surface area (Å²) in [5, 5.41) is 11.4. The van der Waals surface area contributed by atoms with Gasteiger partial charge >= 0.3 is 0 Å². The van der Waals surface area contributed by atoms with Gasteiger partial charge in [0.2, 0.25) is 0 Å². The molecule has 0 radical (unpaired) electrons. The zero-order valence-corrected chi connectivity index (χ0v) is 19.2. The maximum atomic E-state index is 14.9. The summed E-state index contributed by atoms with van der Waals surface area (Å²) in [4.78, 5) is 27.3. The monoisotopic (exact) mass is 503 g/mol. The molecule has 5 nitrogen and oxygen atoms in total. The number of carbonyl (C=O) groups is 2. The second kappa shape index (κ2) is 9.44. The van der Waals surface area contributed by atoms with Crippen molar-refractivity contribution in [1.82, 2.24) is 4.90 Å². The van der Waals surface area contributed by atoms with Crippen molar-refractivity contribution in [2.45, 2.75) is 12.6 Å². The lowest BCUT2D eigenvalue weighted by Crippen LogP contribution is -2.29. The van der Waals surface area contributed by atoms with Crippen LogP contribution < -0.4 is 4.74 Å². The van der Waals surface area contributed by atoms with E-state index in [0.717, 1.165) is 4.90 Å². The highest BCUT2D eigenvalue weighted by molar-refractivity contribution is 6.46. The first-order valence-electron chi connectivity index (χ1n) is 10.0. The largest absolute Gasteiger partial charge is 0.507 e. The second-order valence-corrected chi connectivity index (χ2v) is 8.39. The number of likely N-dealkylation sites (tertiary alicyclic amines) is 1. The standard InChI is InChI=1S/C25H17Cl2F2NO4/c1-34-24-17(10-14(26)11-18(24)27)22(31)20-21(16-4-2-3-5-19(16)29)30(25(33)23(20)32)12-13-6-8-15(28)9-7-13/h2-11,21,31H,12H2,1H3/b22-20+. The van der Waals surface area contributed by atoms with Gasteiger partial charge in [0.05, 0.1) is 29.3 Å². The first-order chi connectivity index (χ1) is 16.2. The maximum Gasteiger partial charge on any atom is 0.295 e. The van der Waals surface area contributed by atoms with Crippen LogP contribution in [0, 0.1) is 11.6 Å². The maximum absolute atomic E-state index is 14.9. The molecule has 0 spiro atoms. The summed E-state index contributed by atoms with van der Waals surface area (Å²) in [5.41, 5.74) is 0.125. The van der Waals surface area contributed by atoms with Crippen molar-refractivity contribution in [1.29, 1.82) is 0 Å². The number of amides is 1. The first-order valence-corrected chi connectivity index (χ1v) is 10.8. The minimum atomic E-state index is -1.27. The van der Waals surface area contributed by atoms with E-state index in [4.69, 9.17) is 27.9 Å². The third kappa shape index (κ3) is 4.24. The molecule has 0 aromatic heterocycles. The molecule has 9 heteroatoms. The molecule has 4 rings (SSSR count). The van der Waals surface area contributed by atoms with Crippen LogP contribution in [0.15, 0.2) is 66.2 Å². The Morgan fingerprint density at radius 3 is 2.38 bits per heavy atom. The molecule has 34 heavy (non-hydrogen) atoms. The quantitative estimate of drug-likeness (QED) is 0.267. The average molecular weight is 504 g/mol. The van der Waals surface area contributed by atoms with E-state index in [-0.39, 0.29) is 39.0 Å². The minimum absolute atomic E-state index is 0.00236. The van der Waals surface area contributed by atoms with Crippen LogP contribution in [0.1, 0.15) is 22.7 Å². The molecular weight excluding hydrogens is 487 g/mol. The van der Waals surface area contributed by atoms with Crippen LogP contribution in [-0.4, -0.2) is 28.8 Å². The zero-order valence-electron chi connectivity index (χ0n) is 17.7. The highest BCUT2D eigenvalue weighted by atomic mass is 35.5. The number of ether oxygens (including phenoxy) is 1. The summed E-state index contributed by atoms with van der Waals surface area (Å²) in [7, 11) is 1.31. The Morgan fingerprint density at radius 2 is 1.74 bits per heavy atom. The third-order valence-corrected chi connectivity index (χ3v) is 5.97. The van der Waals surface area contributed by atoms with Gasteiger partial charge in [-0.25, -0.2) is 8.78 Å². The molecule has 1 unspecified atom stereocenters. The molecule has 3 aromatic carbocycles. The van der Waals surface area contributed by atoms with E-state index < -0.39 is 35.1 Å². The fraction of sp³-hybridized carbons (Fsp3) is 0.120. The summed E-state index contributed by atoms with van der Waals surface area (Å²) < 4.78 is 33.5. The Labute approximate surface area is 203 Å². The molecule has 1 heterocycles. The van der Waals surface area contributed by atoms with Gasteiger partial charge in [0.25, 0.3) is 11.7 Å². The molecule has 0 aliphatic carbocycles. The number of halogens is 4. The smallest absolute Gasteiger partial charge is 0.295 e. The predicted octanol–water partition coefficient (Wildman–Crippen LogP) is 5.90. The number of benzene rings is 3. The number of nitrogens with zero attached hydrogens (tertiary/aromatic N) is 1. The average Bonchev–Trinajstić information content (AvgIpc) is 3.04. The molecule has 174 valence electrons. The van der Waals surface area contributed by atoms with Gasteiger partial charge in [-0.2, -0.15) is 0 Å². The van der Waals surface area contributed by atoms with Gasteiger partial charge in [-0.1, -0.05) is 53.5 Å². The molecule has 1 aliphatic heterocycles. The van der Waals surface area contributed by atoms with Crippen molar-refractivity contribution in [3.8, 4) is 5.75 Å². The van der Waals surface area contributed by atoms with Gasteiger partial charge in [0, 0.05) is 17.1 Å². The highest BCUT2D eigenvalue weighted by Gasteiger charge is 2.47. The number of ketones is 1. The van der Waals surface area contributed by atoms with Gasteiger partial charge in [0.15, 0.2) is 0 Å². The molecule has 0 saturated carbocycles. The number of rotatable bonds is 5. The van der Waals surface area contributed by atoms with E-state index in [0.29, 0.717) is 5.56 Å². The minimum Gasteiger partial charge on any atom is -0.507 e. The lowest BCUT2D eigenvalue weighted by atomic mass is 9.94. The molecule has 3 aromatic rings. The first kappa shape index (κ1) is 23.7. The molecule has 1 saturated heterocycles. The normalized spacial score (nSPS) is 17.3. The predicted molar refractivity (Wildman–Crippen MR) is 124 cm³/mol. The molecule has 1 N–H and O–H groups in total.